The lowest BCUT2D eigenvalue weighted by Crippen LogP contribution is -2.27. The summed E-state index contributed by atoms with van der Waals surface area (Å²) in [5.41, 5.74) is 3.96. The lowest BCUT2D eigenvalue weighted by atomic mass is 10.1. The van der Waals surface area contributed by atoms with Crippen LogP contribution in [0.1, 0.15) is 24.9 Å². The van der Waals surface area contributed by atoms with E-state index in [-0.39, 0.29) is 6.04 Å². The van der Waals surface area contributed by atoms with Gasteiger partial charge >= 0.3 is 0 Å². The molecule has 0 bridgehead atoms. The van der Waals surface area contributed by atoms with Gasteiger partial charge in [0.2, 0.25) is 0 Å². The zero-order chi connectivity index (χ0) is 8.81. The number of rotatable bonds is 3. The van der Waals surface area contributed by atoms with E-state index in [1.807, 2.05) is 12.3 Å². The monoisotopic (exact) mass is 180 g/mol. The van der Waals surface area contributed by atoms with Crippen LogP contribution in [-0.2, 0) is 0 Å². The molecule has 1 aromatic rings. The van der Waals surface area contributed by atoms with Gasteiger partial charge in [-0.3, -0.25) is 11.3 Å². The molecule has 0 aliphatic rings. The number of hydrogen-bond acceptors (Lipinski definition) is 3. The molecule has 1 heterocycles. The van der Waals surface area contributed by atoms with Gasteiger partial charge < -0.3 is 0 Å². The number of thiophene rings is 1. The van der Waals surface area contributed by atoms with Gasteiger partial charge in [0, 0.05) is 6.42 Å². The van der Waals surface area contributed by atoms with E-state index in [2.05, 4.69) is 28.7 Å². The van der Waals surface area contributed by atoms with Crippen LogP contribution in [-0.4, -0.2) is 0 Å². The van der Waals surface area contributed by atoms with Crippen LogP contribution >= 0.6 is 11.3 Å². The van der Waals surface area contributed by atoms with Crippen LogP contribution in [0, 0.1) is 11.8 Å². The largest absolute Gasteiger partial charge is 0.271 e. The SMILES string of the molecule is CC#CCC(NN)c1ccsc1. The Labute approximate surface area is 76.8 Å². The van der Waals surface area contributed by atoms with Gasteiger partial charge in [0.05, 0.1) is 6.04 Å². The van der Waals surface area contributed by atoms with Crippen molar-refractivity contribution in [1.29, 1.82) is 0 Å². The molecule has 0 spiro atoms. The molecule has 0 aliphatic carbocycles. The minimum Gasteiger partial charge on any atom is -0.271 e. The number of nitrogens with one attached hydrogen (secondary N) is 1. The fourth-order valence-corrected chi connectivity index (χ4v) is 1.66. The molecule has 0 aliphatic heterocycles. The van der Waals surface area contributed by atoms with Crippen molar-refractivity contribution in [2.24, 2.45) is 5.84 Å². The summed E-state index contributed by atoms with van der Waals surface area (Å²) in [5, 5.41) is 4.13. The van der Waals surface area contributed by atoms with Crippen LogP contribution in [0.25, 0.3) is 0 Å². The molecular formula is C9H12N2S. The van der Waals surface area contributed by atoms with Gasteiger partial charge in [-0.15, -0.1) is 11.8 Å². The molecule has 3 heteroatoms. The minimum atomic E-state index is 0.170. The molecule has 1 rings (SSSR count). The Morgan fingerprint density at radius 2 is 2.58 bits per heavy atom. The van der Waals surface area contributed by atoms with E-state index in [9.17, 15) is 0 Å². The van der Waals surface area contributed by atoms with Crippen LogP contribution in [0.5, 0.6) is 0 Å². The van der Waals surface area contributed by atoms with Crippen molar-refractivity contribution in [2.75, 3.05) is 0 Å². The van der Waals surface area contributed by atoms with Crippen molar-refractivity contribution in [2.45, 2.75) is 19.4 Å². The van der Waals surface area contributed by atoms with E-state index in [0.717, 1.165) is 6.42 Å². The summed E-state index contributed by atoms with van der Waals surface area (Å²) in [4.78, 5) is 0. The van der Waals surface area contributed by atoms with Crippen molar-refractivity contribution in [3.05, 3.63) is 22.4 Å². The second-order valence-corrected chi connectivity index (χ2v) is 3.19. The summed E-state index contributed by atoms with van der Waals surface area (Å²) in [6, 6.07) is 2.23. The van der Waals surface area contributed by atoms with Gasteiger partial charge in [0.25, 0.3) is 0 Å². The standard InChI is InChI=1S/C9H12N2S/c1-2-3-4-9(11-10)8-5-6-12-7-8/h5-7,9,11H,4,10H2,1H3. The summed E-state index contributed by atoms with van der Waals surface area (Å²) in [6.07, 6.45) is 0.768. The predicted octanol–water partition coefficient (Wildman–Crippen LogP) is 1.67. The zero-order valence-corrected chi connectivity index (χ0v) is 7.82. The second-order valence-electron chi connectivity index (χ2n) is 2.41. The highest BCUT2D eigenvalue weighted by atomic mass is 32.1. The van der Waals surface area contributed by atoms with Gasteiger partial charge in [-0.25, -0.2) is 0 Å². The summed E-state index contributed by atoms with van der Waals surface area (Å²) >= 11 is 1.67. The minimum absolute atomic E-state index is 0.170. The van der Waals surface area contributed by atoms with E-state index >= 15 is 0 Å². The first-order valence-corrected chi connectivity index (χ1v) is 4.70. The third-order valence-corrected chi connectivity index (χ3v) is 2.33. The third kappa shape index (κ3) is 2.35. The van der Waals surface area contributed by atoms with Crippen LogP contribution < -0.4 is 11.3 Å². The smallest absolute Gasteiger partial charge is 0.0577 e. The summed E-state index contributed by atoms with van der Waals surface area (Å²) in [7, 11) is 0. The van der Waals surface area contributed by atoms with Crippen molar-refractivity contribution >= 4 is 11.3 Å². The Kier molecular flexibility index (Phi) is 3.81. The van der Waals surface area contributed by atoms with Crippen molar-refractivity contribution in [1.82, 2.24) is 5.43 Å². The lowest BCUT2D eigenvalue weighted by Gasteiger charge is -2.09. The van der Waals surface area contributed by atoms with Crippen molar-refractivity contribution < 1.29 is 0 Å². The molecular weight excluding hydrogens is 168 g/mol. The van der Waals surface area contributed by atoms with Gasteiger partial charge in [-0.1, -0.05) is 0 Å². The molecule has 1 aromatic heterocycles. The molecule has 0 fully saturated rings. The average molecular weight is 180 g/mol. The molecule has 64 valence electrons. The first kappa shape index (κ1) is 9.27. The van der Waals surface area contributed by atoms with Crippen LogP contribution in [0.4, 0.5) is 0 Å². The number of hydrazine groups is 1. The molecule has 0 saturated carbocycles. The first-order valence-electron chi connectivity index (χ1n) is 3.76. The highest BCUT2D eigenvalue weighted by Gasteiger charge is 2.06. The summed E-state index contributed by atoms with van der Waals surface area (Å²) in [5.74, 6) is 11.2. The van der Waals surface area contributed by atoms with E-state index in [4.69, 9.17) is 5.84 Å². The Balaban J connectivity index is 2.61. The van der Waals surface area contributed by atoms with Gasteiger partial charge in [-0.05, 0) is 29.3 Å². The molecule has 3 N–H and O–H groups in total. The van der Waals surface area contributed by atoms with Crippen molar-refractivity contribution in [3.63, 3.8) is 0 Å². The number of hydrogen-bond donors (Lipinski definition) is 2. The Morgan fingerprint density at radius 3 is 3.08 bits per heavy atom. The topological polar surface area (TPSA) is 38.0 Å². The molecule has 0 amide bonds. The van der Waals surface area contributed by atoms with Crippen LogP contribution in [0.2, 0.25) is 0 Å². The quantitative estimate of drug-likeness (QED) is 0.422. The van der Waals surface area contributed by atoms with E-state index in [1.54, 1.807) is 11.3 Å². The second kappa shape index (κ2) is 4.94. The molecule has 12 heavy (non-hydrogen) atoms. The maximum Gasteiger partial charge on any atom is 0.0577 e. The third-order valence-electron chi connectivity index (χ3n) is 1.63. The molecule has 1 atom stereocenters. The molecule has 1 unspecified atom stereocenters. The number of nitrogens with two attached hydrogens (primary N) is 1. The van der Waals surface area contributed by atoms with E-state index < -0.39 is 0 Å². The molecule has 2 nitrogen and oxygen atoms in total. The maximum absolute atomic E-state index is 5.39. The van der Waals surface area contributed by atoms with Gasteiger partial charge in [0.15, 0.2) is 0 Å². The van der Waals surface area contributed by atoms with Gasteiger partial charge in [0.1, 0.15) is 0 Å². The van der Waals surface area contributed by atoms with E-state index in [0.29, 0.717) is 0 Å². The normalized spacial score (nSPS) is 11.8. The van der Waals surface area contributed by atoms with Crippen LogP contribution in [0.15, 0.2) is 16.8 Å². The highest BCUT2D eigenvalue weighted by Crippen LogP contribution is 2.17. The molecule has 0 radical (unpaired) electrons. The summed E-state index contributed by atoms with van der Waals surface area (Å²) < 4.78 is 0. The molecule has 0 saturated heterocycles. The van der Waals surface area contributed by atoms with E-state index in [1.165, 1.54) is 5.56 Å². The predicted molar refractivity (Wildman–Crippen MR) is 52.5 cm³/mol. The average Bonchev–Trinajstić information content (AvgIpc) is 2.59. The fourth-order valence-electron chi connectivity index (χ4n) is 0.950. The highest BCUT2D eigenvalue weighted by molar-refractivity contribution is 7.07. The first-order chi connectivity index (χ1) is 5.88. The van der Waals surface area contributed by atoms with Gasteiger partial charge in [-0.2, -0.15) is 11.3 Å². The zero-order valence-electron chi connectivity index (χ0n) is 7.00. The summed E-state index contributed by atoms with van der Waals surface area (Å²) in [6.45, 7) is 1.83. The Morgan fingerprint density at radius 1 is 1.75 bits per heavy atom. The lowest BCUT2D eigenvalue weighted by molar-refractivity contribution is 0.569. The molecule has 0 aromatic carbocycles. The maximum atomic E-state index is 5.39. The van der Waals surface area contributed by atoms with Crippen LogP contribution in [0.3, 0.4) is 0 Å². The Hall–Kier alpha value is -0.820. The Bertz CT molecular complexity index is 268. The fraction of sp³-hybridized carbons (Fsp3) is 0.333. The van der Waals surface area contributed by atoms with Crippen molar-refractivity contribution in [3.8, 4) is 11.8 Å².